The lowest BCUT2D eigenvalue weighted by atomic mass is 10.2. The van der Waals surface area contributed by atoms with Crippen LogP contribution in [0.1, 0.15) is 12.5 Å². The minimum absolute atomic E-state index is 0.00410. The van der Waals surface area contributed by atoms with Crippen molar-refractivity contribution in [1.29, 1.82) is 0 Å². The van der Waals surface area contributed by atoms with Crippen molar-refractivity contribution in [3.05, 3.63) is 47.1 Å². The number of carbonyl (C=O) groups is 1. The monoisotopic (exact) mass is 292 g/mol. The van der Waals surface area contributed by atoms with Gasteiger partial charge in [0.2, 0.25) is 5.91 Å². The normalized spacial score (nSPS) is 10.5. The molecule has 6 heteroatoms. The van der Waals surface area contributed by atoms with Gasteiger partial charge in [-0.2, -0.15) is 5.10 Å². The summed E-state index contributed by atoms with van der Waals surface area (Å²) >= 11 is 5.95. The van der Waals surface area contributed by atoms with Crippen molar-refractivity contribution in [2.24, 2.45) is 0 Å². The summed E-state index contributed by atoms with van der Waals surface area (Å²) in [7, 11) is 0. The molecule has 1 aromatic heterocycles. The molecule has 1 aromatic carbocycles. The highest BCUT2D eigenvalue weighted by atomic mass is 35.5. The first-order valence-electron chi connectivity index (χ1n) is 6.39. The van der Waals surface area contributed by atoms with E-state index in [1.807, 2.05) is 31.2 Å². The Morgan fingerprint density at radius 3 is 2.85 bits per heavy atom. The molecule has 0 radical (unpaired) electrons. The topological polar surface area (TPSA) is 64.2 Å². The molecule has 0 aliphatic heterocycles. The van der Waals surface area contributed by atoms with E-state index in [0.29, 0.717) is 23.9 Å². The van der Waals surface area contributed by atoms with Crippen molar-refractivity contribution >= 4 is 23.3 Å². The van der Waals surface area contributed by atoms with Gasteiger partial charge in [-0.05, 0) is 30.7 Å². The molecule has 20 heavy (non-hydrogen) atoms. The van der Waals surface area contributed by atoms with Gasteiger partial charge in [-0.25, -0.2) is 0 Å². The number of nitrogens with two attached hydrogens (primary N) is 1. The van der Waals surface area contributed by atoms with Gasteiger partial charge >= 0.3 is 0 Å². The second-order valence-corrected chi connectivity index (χ2v) is 4.91. The molecule has 2 aromatic rings. The zero-order chi connectivity index (χ0) is 14.5. The molecular formula is C14H17ClN4O. The molecule has 0 bridgehead atoms. The second kappa shape index (κ2) is 6.43. The largest absolute Gasteiger partial charge is 0.382 e. The minimum Gasteiger partial charge on any atom is -0.382 e. The number of hydrogen-bond acceptors (Lipinski definition) is 3. The summed E-state index contributed by atoms with van der Waals surface area (Å²) in [6.07, 6.45) is 1.69. The van der Waals surface area contributed by atoms with Gasteiger partial charge in [-0.3, -0.25) is 9.48 Å². The molecule has 0 unspecified atom stereocenters. The number of hydrogen-bond donors (Lipinski definition) is 1. The lowest BCUT2D eigenvalue weighted by Gasteiger charge is -2.21. The lowest BCUT2D eigenvalue weighted by molar-refractivity contribution is -0.132. The number of aromatic nitrogens is 2. The van der Waals surface area contributed by atoms with Crippen LogP contribution in [0.4, 0.5) is 5.82 Å². The SMILES string of the molecule is CCN(Cc1cccc(Cl)c1)C(=O)Cn1ccc(N)n1. The number of benzene rings is 1. The first-order chi connectivity index (χ1) is 9.58. The summed E-state index contributed by atoms with van der Waals surface area (Å²) in [5.74, 6) is 0.409. The van der Waals surface area contributed by atoms with E-state index < -0.39 is 0 Å². The van der Waals surface area contributed by atoms with Crippen LogP contribution in [0.25, 0.3) is 0 Å². The number of carbonyl (C=O) groups excluding carboxylic acids is 1. The second-order valence-electron chi connectivity index (χ2n) is 4.48. The maximum absolute atomic E-state index is 12.2. The fraction of sp³-hybridized carbons (Fsp3) is 0.286. The number of halogens is 1. The van der Waals surface area contributed by atoms with Gasteiger partial charge in [-0.15, -0.1) is 0 Å². The van der Waals surface area contributed by atoms with E-state index in [2.05, 4.69) is 5.10 Å². The van der Waals surface area contributed by atoms with Crippen LogP contribution in [-0.2, 0) is 17.9 Å². The number of nitrogen functional groups attached to an aromatic ring is 1. The van der Waals surface area contributed by atoms with E-state index >= 15 is 0 Å². The Balaban J connectivity index is 2.02. The predicted octanol–water partition coefficient (Wildman–Crippen LogP) is 2.17. The molecule has 106 valence electrons. The van der Waals surface area contributed by atoms with Crippen molar-refractivity contribution in [3.8, 4) is 0 Å². The summed E-state index contributed by atoms with van der Waals surface area (Å²) in [4.78, 5) is 14.0. The number of likely N-dealkylation sites (N-methyl/N-ethyl adjacent to an activating group) is 1. The number of rotatable bonds is 5. The van der Waals surface area contributed by atoms with Crippen molar-refractivity contribution < 1.29 is 4.79 Å². The Morgan fingerprint density at radius 2 is 2.25 bits per heavy atom. The van der Waals surface area contributed by atoms with Crippen molar-refractivity contribution in [2.75, 3.05) is 12.3 Å². The fourth-order valence-corrected chi connectivity index (χ4v) is 2.15. The highest BCUT2D eigenvalue weighted by molar-refractivity contribution is 6.30. The summed E-state index contributed by atoms with van der Waals surface area (Å²) in [5, 5.41) is 4.69. The average molecular weight is 293 g/mol. The molecule has 0 saturated carbocycles. The lowest BCUT2D eigenvalue weighted by Crippen LogP contribution is -2.33. The highest BCUT2D eigenvalue weighted by Crippen LogP contribution is 2.13. The van der Waals surface area contributed by atoms with Crippen molar-refractivity contribution in [1.82, 2.24) is 14.7 Å². The number of anilines is 1. The molecule has 2 rings (SSSR count). The number of amides is 1. The van der Waals surface area contributed by atoms with Crippen LogP contribution < -0.4 is 5.73 Å². The maximum Gasteiger partial charge on any atom is 0.244 e. The highest BCUT2D eigenvalue weighted by Gasteiger charge is 2.13. The quantitative estimate of drug-likeness (QED) is 0.918. The van der Waals surface area contributed by atoms with E-state index in [-0.39, 0.29) is 12.5 Å². The van der Waals surface area contributed by atoms with E-state index in [9.17, 15) is 4.79 Å². The molecule has 0 fully saturated rings. The summed E-state index contributed by atoms with van der Waals surface area (Å²) in [6, 6.07) is 9.18. The molecule has 5 nitrogen and oxygen atoms in total. The third kappa shape index (κ3) is 3.74. The van der Waals surface area contributed by atoms with Crippen LogP contribution in [0.2, 0.25) is 5.02 Å². The van der Waals surface area contributed by atoms with E-state index in [1.165, 1.54) is 4.68 Å². The maximum atomic E-state index is 12.2. The van der Waals surface area contributed by atoms with Gasteiger partial charge in [0.05, 0.1) is 0 Å². The van der Waals surface area contributed by atoms with Gasteiger partial charge < -0.3 is 10.6 Å². The molecule has 0 aliphatic rings. The first kappa shape index (κ1) is 14.4. The van der Waals surface area contributed by atoms with E-state index in [4.69, 9.17) is 17.3 Å². The third-order valence-electron chi connectivity index (χ3n) is 2.96. The van der Waals surface area contributed by atoms with Crippen LogP contribution in [0, 0.1) is 0 Å². The Hall–Kier alpha value is -2.01. The minimum atomic E-state index is -0.00410. The summed E-state index contributed by atoms with van der Waals surface area (Å²) in [6.45, 7) is 3.29. The standard InChI is InChI=1S/C14H17ClN4O/c1-2-18(9-11-4-3-5-12(15)8-11)14(20)10-19-7-6-13(16)17-19/h3-8H,2,9-10H2,1H3,(H2,16,17). The van der Waals surface area contributed by atoms with Gasteiger partial charge in [0, 0.05) is 24.3 Å². The zero-order valence-electron chi connectivity index (χ0n) is 11.3. The molecular weight excluding hydrogens is 276 g/mol. The van der Waals surface area contributed by atoms with Crippen LogP contribution in [0.15, 0.2) is 36.5 Å². The van der Waals surface area contributed by atoms with Crippen LogP contribution in [0.3, 0.4) is 0 Å². The number of nitrogens with zero attached hydrogens (tertiary/aromatic N) is 3. The molecule has 0 spiro atoms. The van der Waals surface area contributed by atoms with Gasteiger partial charge in [-0.1, -0.05) is 23.7 Å². The Morgan fingerprint density at radius 1 is 1.45 bits per heavy atom. The molecule has 1 heterocycles. The van der Waals surface area contributed by atoms with E-state index in [0.717, 1.165) is 5.56 Å². The van der Waals surface area contributed by atoms with Crippen molar-refractivity contribution in [2.45, 2.75) is 20.0 Å². The average Bonchev–Trinajstić information content (AvgIpc) is 2.81. The van der Waals surface area contributed by atoms with Gasteiger partial charge in [0.1, 0.15) is 12.4 Å². The third-order valence-corrected chi connectivity index (χ3v) is 3.19. The molecule has 1 amide bonds. The Bertz CT molecular complexity index is 596. The molecule has 2 N–H and O–H groups in total. The van der Waals surface area contributed by atoms with Gasteiger partial charge in [0.25, 0.3) is 0 Å². The summed E-state index contributed by atoms with van der Waals surface area (Å²) < 4.78 is 1.54. The van der Waals surface area contributed by atoms with Crippen LogP contribution in [0.5, 0.6) is 0 Å². The Labute approximate surface area is 122 Å². The fourth-order valence-electron chi connectivity index (χ4n) is 1.94. The molecule has 0 aliphatic carbocycles. The van der Waals surface area contributed by atoms with Crippen LogP contribution in [-0.4, -0.2) is 27.1 Å². The summed E-state index contributed by atoms with van der Waals surface area (Å²) in [5.41, 5.74) is 6.54. The Kier molecular flexibility index (Phi) is 4.63. The van der Waals surface area contributed by atoms with Crippen molar-refractivity contribution in [3.63, 3.8) is 0 Å². The van der Waals surface area contributed by atoms with Gasteiger partial charge in [0.15, 0.2) is 0 Å². The van der Waals surface area contributed by atoms with Crippen LogP contribution >= 0.6 is 11.6 Å². The predicted molar refractivity (Wildman–Crippen MR) is 79.2 cm³/mol. The zero-order valence-corrected chi connectivity index (χ0v) is 12.0. The molecule has 0 atom stereocenters. The van der Waals surface area contributed by atoms with E-state index in [1.54, 1.807) is 17.2 Å². The first-order valence-corrected chi connectivity index (χ1v) is 6.77. The molecule has 0 saturated heterocycles. The smallest absolute Gasteiger partial charge is 0.244 e.